The summed E-state index contributed by atoms with van der Waals surface area (Å²) in [5, 5.41) is 9.14. The lowest BCUT2D eigenvalue weighted by Gasteiger charge is -2.04. The fraction of sp³-hybridized carbons (Fsp3) is 0.231. The zero-order valence-corrected chi connectivity index (χ0v) is 10.4. The van der Waals surface area contributed by atoms with E-state index in [0.717, 1.165) is 18.4 Å². The molecule has 3 N–H and O–H groups in total. The second kappa shape index (κ2) is 4.10. The molecule has 0 amide bonds. The number of carboxylic acid groups (broad SMARTS) is 1. The van der Waals surface area contributed by atoms with Gasteiger partial charge < -0.3 is 15.1 Å². The van der Waals surface area contributed by atoms with Crippen LogP contribution >= 0.6 is 12.2 Å². The molecular weight excluding hydrogens is 248 g/mol. The summed E-state index contributed by atoms with van der Waals surface area (Å²) < 4.78 is 0.336. The molecule has 0 fully saturated rings. The summed E-state index contributed by atoms with van der Waals surface area (Å²) in [6.07, 6.45) is 3.36. The van der Waals surface area contributed by atoms with Crippen LogP contribution in [0.1, 0.15) is 28.0 Å². The summed E-state index contributed by atoms with van der Waals surface area (Å²) in [5.41, 5.74) is 4.23. The molecule has 5 heteroatoms. The van der Waals surface area contributed by atoms with Crippen LogP contribution in [-0.4, -0.2) is 21.0 Å². The van der Waals surface area contributed by atoms with Crippen LogP contribution in [-0.2, 0) is 12.8 Å². The molecule has 1 heterocycles. The molecule has 1 aromatic heterocycles. The Labute approximate surface area is 109 Å². The first kappa shape index (κ1) is 11.2. The molecule has 1 aliphatic carbocycles. The van der Waals surface area contributed by atoms with Gasteiger partial charge in [-0.3, -0.25) is 0 Å². The first-order valence-electron chi connectivity index (χ1n) is 5.83. The van der Waals surface area contributed by atoms with Crippen LogP contribution in [0.15, 0.2) is 18.2 Å². The Bertz CT molecular complexity index is 685. The van der Waals surface area contributed by atoms with Crippen LogP contribution in [0.3, 0.4) is 0 Å². The highest BCUT2D eigenvalue weighted by Gasteiger charge is 2.17. The minimum atomic E-state index is -1.00. The number of benzene rings is 1. The minimum Gasteiger partial charge on any atom is -0.477 e. The maximum Gasteiger partial charge on any atom is 0.354 e. The number of carbonyl (C=O) groups is 1. The zero-order valence-electron chi connectivity index (χ0n) is 9.62. The quantitative estimate of drug-likeness (QED) is 0.727. The third-order valence-electron chi connectivity index (χ3n) is 3.33. The maximum absolute atomic E-state index is 11.1. The van der Waals surface area contributed by atoms with Crippen molar-refractivity contribution in [2.24, 2.45) is 0 Å². The summed E-state index contributed by atoms with van der Waals surface area (Å²) in [7, 11) is 0. The molecule has 0 saturated heterocycles. The molecule has 0 unspecified atom stereocenters. The molecule has 92 valence electrons. The Morgan fingerprint density at radius 3 is 2.78 bits per heavy atom. The topological polar surface area (TPSA) is 68.9 Å². The zero-order chi connectivity index (χ0) is 12.7. The van der Waals surface area contributed by atoms with Gasteiger partial charge in [0, 0.05) is 5.56 Å². The summed E-state index contributed by atoms with van der Waals surface area (Å²) in [6.45, 7) is 0. The number of aromatic nitrogens is 2. The van der Waals surface area contributed by atoms with E-state index < -0.39 is 5.97 Å². The number of nitrogens with one attached hydrogen (secondary N) is 2. The first-order valence-corrected chi connectivity index (χ1v) is 6.24. The van der Waals surface area contributed by atoms with Crippen LogP contribution in [0.25, 0.3) is 11.3 Å². The van der Waals surface area contributed by atoms with E-state index in [2.05, 4.69) is 22.1 Å². The highest BCUT2D eigenvalue weighted by atomic mass is 32.1. The van der Waals surface area contributed by atoms with Crippen molar-refractivity contribution < 1.29 is 9.90 Å². The molecule has 0 bridgehead atoms. The number of imidazole rings is 1. The van der Waals surface area contributed by atoms with Crippen molar-refractivity contribution in [3.63, 3.8) is 0 Å². The van der Waals surface area contributed by atoms with Gasteiger partial charge >= 0.3 is 5.97 Å². The number of aromatic carboxylic acids is 1. The Morgan fingerprint density at radius 2 is 2.00 bits per heavy atom. The Morgan fingerprint density at radius 1 is 1.22 bits per heavy atom. The fourth-order valence-electron chi connectivity index (χ4n) is 2.49. The molecule has 0 saturated carbocycles. The van der Waals surface area contributed by atoms with Crippen molar-refractivity contribution in [3.05, 3.63) is 39.8 Å². The van der Waals surface area contributed by atoms with E-state index >= 15 is 0 Å². The summed E-state index contributed by atoms with van der Waals surface area (Å²) >= 11 is 4.96. The predicted molar refractivity (Wildman–Crippen MR) is 70.4 cm³/mol. The van der Waals surface area contributed by atoms with Crippen LogP contribution in [0.4, 0.5) is 0 Å². The fourth-order valence-corrected chi connectivity index (χ4v) is 2.69. The molecule has 0 spiro atoms. The number of aromatic amines is 2. The van der Waals surface area contributed by atoms with E-state index in [4.69, 9.17) is 17.3 Å². The lowest BCUT2D eigenvalue weighted by Crippen LogP contribution is -1.99. The Hall–Kier alpha value is -1.88. The minimum absolute atomic E-state index is 0.123. The van der Waals surface area contributed by atoms with Crippen molar-refractivity contribution >= 4 is 18.2 Å². The molecule has 1 aliphatic rings. The number of hydrogen-bond acceptors (Lipinski definition) is 2. The lowest BCUT2D eigenvalue weighted by atomic mass is 10.0. The highest BCUT2D eigenvalue weighted by Crippen LogP contribution is 2.28. The van der Waals surface area contributed by atoms with Crippen molar-refractivity contribution in [2.75, 3.05) is 0 Å². The molecule has 3 rings (SSSR count). The first-order chi connectivity index (χ1) is 8.65. The van der Waals surface area contributed by atoms with E-state index in [1.165, 1.54) is 17.5 Å². The molecule has 4 nitrogen and oxygen atoms in total. The average Bonchev–Trinajstić information content (AvgIpc) is 2.93. The van der Waals surface area contributed by atoms with Crippen molar-refractivity contribution in [1.82, 2.24) is 9.97 Å². The SMILES string of the molecule is O=C(O)c1[nH]c(=S)[nH]c1-c1ccc2c(c1)CCC2. The summed E-state index contributed by atoms with van der Waals surface area (Å²) in [6, 6.07) is 6.08. The number of rotatable bonds is 2. The maximum atomic E-state index is 11.1. The standard InChI is InChI=1S/C13H12N2O2S/c16-12(17)11-10(14-13(18)15-11)9-5-4-7-2-1-3-8(7)6-9/h4-6H,1-3H2,(H,16,17)(H2,14,15,18). The molecule has 0 atom stereocenters. The number of H-pyrrole nitrogens is 2. The molecule has 18 heavy (non-hydrogen) atoms. The lowest BCUT2D eigenvalue weighted by molar-refractivity contribution is 0.0692. The van der Waals surface area contributed by atoms with Gasteiger partial charge in [0.1, 0.15) is 0 Å². The van der Waals surface area contributed by atoms with Crippen LogP contribution in [0.2, 0.25) is 0 Å². The molecule has 0 radical (unpaired) electrons. The van der Waals surface area contributed by atoms with Crippen LogP contribution in [0.5, 0.6) is 0 Å². The second-order valence-corrected chi connectivity index (χ2v) is 4.88. The second-order valence-electron chi connectivity index (χ2n) is 4.47. The summed E-state index contributed by atoms with van der Waals surface area (Å²) in [5.74, 6) is -1.00. The number of hydrogen-bond donors (Lipinski definition) is 3. The van der Waals surface area contributed by atoms with Crippen LogP contribution in [0, 0.1) is 4.77 Å². The third-order valence-corrected chi connectivity index (χ3v) is 3.53. The molecule has 0 aliphatic heterocycles. The molecule has 1 aromatic carbocycles. The smallest absolute Gasteiger partial charge is 0.354 e. The van der Waals surface area contributed by atoms with Gasteiger partial charge in [-0.25, -0.2) is 4.79 Å². The van der Waals surface area contributed by atoms with Gasteiger partial charge in [-0.1, -0.05) is 12.1 Å². The third kappa shape index (κ3) is 1.76. The van der Waals surface area contributed by atoms with E-state index in [9.17, 15) is 4.79 Å². The van der Waals surface area contributed by atoms with Gasteiger partial charge in [0.2, 0.25) is 0 Å². The van der Waals surface area contributed by atoms with E-state index in [-0.39, 0.29) is 5.69 Å². The van der Waals surface area contributed by atoms with Gasteiger partial charge in [0.15, 0.2) is 10.5 Å². The van der Waals surface area contributed by atoms with Crippen LogP contribution < -0.4 is 0 Å². The number of carboxylic acids is 1. The van der Waals surface area contributed by atoms with Gasteiger partial charge in [-0.05, 0) is 48.7 Å². The van der Waals surface area contributed by atoms with E-state index in [1.807, 2.05) is 6.07 Å². The molecule has 2 aromatic rings. The predicted octanol–water partition coefficient (Wildman–Crippen LogP) is 2.93. The number of aryl methyl sites for hydroxylation is 2. The Kier molecular flexibility index (Phi) is 2.56. The monoisotopic (exact) mass is 260 g/mol. The van der Waals surface area contributed by atoms with Gasteiger partial charge in [0.05, 0.1) is 5.69 Å². The van der Waals surface area contributed by atoms with Crippen molar-refractivity contribution in [2.45, 2.75) is 19.3 Å². The van der Waals surface area contributed by atoms with E-state index in [0.29, 0.717) is 10.5 Å². The summed E-state index contributed by atoms with van der Waals surface area (Å²) in [4.78, 5) is 16.7. The highest BCUT2D eigenvalue weighted by molar-refractivity contribution is 7.71. The van der Waals surface area contributed by atoms with Gasteiger partial charge in [-0.15, -0.1) is 0 Å². The van der Waals surface area contributed by atoms with Crippen molar-refractivity contribution in [1.29, 1.82) is 0 Å². The normalized spacial score (nSPS) is 13.6. The largest absolute Gasteiger partial charge is 0.477 e. The Balaban J connectivity index is 2.15. The van der Waals surface area contributed by atoms with Crippen molar-refractivity contribution in [3.8, 4) is 11.3 Å². The van der Waals surface area contributed by atoms with E-state index in [1.54, 1.807) is 0 Å². The average molecular weight is 260 g/mol. The molecular formula is C13H12N2O2S. The number of fused-ring (bicyclic) bond motifs is 1. The van der Waals surface area contributed by atoms with Gasteiger partial charge in [0.25, 0.3) is 0 Å². The van der Waals surface area contributed by atoms with Gasteiger partial charge in [-0.2, -0.15) is 0 Å².